The molecule has 0 fully saturated rings. The molecule has 86 valence electrons. The summed E-state index contributed by atoms with van der Waals surface area (Å²) in [6, 6.07) is 0. The fourth-order valence-electron chi connectivity index (χ4n) is 1.21. The van der Waals surface area contributed by atoms with E-state index < -0.39 is 0 Å². The Bertz CT molecular complexity index is 419. The van der Waals surface area contributed by atoms with E-state index in [-0.39, 0.29) is 5.91 Å². The first-order valence-electron chi connectivity index (χ1n) is 4.88. The molecule has 1 heterocycles. The maximum atomic E-state index is 11.5. The van der Waals surface area contributed by atoms with Crippen LogP contribution in [0.15, 0.2) is 5.03 Å². The van der Waals surface area contributed by atoms with Crippen LogP contribution in [-0.4, -0.2) is 22.4 Å². The summed E-state index contributed by atoms with van der Waals surface area (Å²) >= 11 is 1.37. The normalized spacial score (nSPS) is 10.2. The third kappa shape index (κ3) is 3.00. The average Bonchev–Trinajstić information content (AvgIpc) is 2.58. The van der Waals surface area contributed by atoms with Crippen molar-refractivity contribution in [1.29, 1.82) is 0 Å². The van der Waals surface area contributed by atoms with Crippen molar-refractivity contribution in [1.82, 2.24) is 10.2 Å². The van der Waals surface area contributed by atoms with Crippen LogP contribution in [0.5, 0.6) is 0 Å². The third-order valence-corrected chi connectivity index (χ3v) is 2.54. The number of aromatic amines is 1. The third-order valence-electron chi connectivity index (χ3n) is 1.87. The van der Waals surface area contributed by atoms with Crippen molar-refractivity contribution in [2.45, 2.75) is 25.3 Å². The van der Waals surface area contributed by atoms with Gasteiger partial charge in [-0.3, -0.25) is 9.89 Å². The largest absolute Gasteiger partial charge is 0.320 e. The van der Waals surface area contributed by atoms with Gasteiger partial charge in [0.05, 0.1) is 6.57 Å². The van der Waals surface area contributed by atoms with Crippen LogP contribution in [0.2, 0.25) is 0 Å². The summed E-state index contributed by atoms with van der Waals surface area (Å²) in [5, 5.41) is 9.88. The van der Waals surface area contributed by atoms with Gasteiger partial charge in [-0.1, -0.05) is 13.8 Å². The van der Waals surface area contributed by atoms with Crippen LogP contribution in [0.1, 0.15) is 20.3 Å². The number of aromatic nitrogens is 2. The lowest BCUT2D eigenvalue weighted by molar-refractivity contribution is -0.116. The Morgan fingerprint density at radius 2 is 2.38 bits per heavy atom. The molecule has 0 radical (unpaired) electrons. The van der Waals surface area contributed by atoms with E-state index in [2.05, 4.69) is 20.4 Å². The van der Waals surface area contributed by atoms with Gasteiger partial charge >= 0.3 is 0 Å². The van der Waals surface area contributed by atoms with Crippen molar-refractivity contribution >= 4 is 29.2 Å². The van der Waals surface area contributed by atoms with Gasteiger partial charge in [-0.05, 0) is 12.2 Å². The number of nitrogens with one attached hydrogen (secondary N) is 2. The summed E-state index contributed by atoms with van der Waals surface area (Å²) in [7, 11) is 0. The van der Waals surface area contributed by atoms with E-state index in [1.54, 1.807) is 0 Å². The van der Waals surface area contributed by atoms with Crippen molar-refractivity contribution in [3.05, 3.63) is 11.4 Å². The number of hydrogen-bond acceptors (Lipinski definition) is 3. The summed E-state index contributed by atoms with van der Waals surface area (Å²) in [6.07, 6.45) is 2.27. The Morgan fingerprint density at radius 1 is 1.69 bits per heavy atom. The van der Waals surface area contributed by atoms with Gasteiger partial charge in [-0.2, -0.15) is 5.10 Å². The predicted octanol–water partition coefficient (Wildman–Crippen LogP) is 2.67. The Morgan fingerprint density at radius 3 is 2.88 bits per heavy atom. The lowest BCUT2D eigenvalue weighted by atomic mass is 10.1. The first-order valence-corrected chi connectivity index (χ1v) is 6.10. The molecule has 0 saturated heterocycles. The Labute approximate surface area is 98.8 Å². The Hall–Kier alpha value is -1.48. The number of anilines is 1. The summed E-state index contributed by atoms with van der Waals surface area (Å²) < 4.78 is 0. The zero-order valence-electron chi connectivity index (χ0n) is 9.50. The second-order valence-electron chi connectivity index (χ2n) is 3.71. The average molecular weight is 238 g/mol. The molecule has 2 N–H and O–H groups in total. The van der Waals surface area contributed by atoms with Crippen molar-refractivity contribution in [2.24, 2.45) is 5.92 Å². The minimum Gasteiger partial charge on any atom is -0.320 e. The molecule has 0 aliphatic carbocycles. The molecule has 1 amide bonds. The molecule has 0 aliphatic rings. The van der Waals surface area contributed by atoms with Crippen molar-refractivity contribution in [3.63, 3.8) is 0 Å². The van der Waals surface area contributed by atoms with Crippen LogP contribution >= 0.6 is 11.8 Å². The van der Waals surface area contributed by atoms with E-state index in [4.69, 9.17) is 6.57 Å². The van der Waals surface area contributed by atoms with Crippen LogP contribution in [0.3, 0.4) is 0 Å². The Kier molecular flexibility index (Phi) is 4.38. The van der Waals surface area contributed by atoms with Gasteiger partial charge in [0, 0.05) is 6.42 Å². The maximum absolute atomic E-state index is 11.5. The number of amides is 1. The molecule has 0 aliphatic heterocycles. The maximum Gasteiger partial charge on any atom is 0.260 e. The molecule has 0 saturated carbocycles. The highest BCUT2D eigenvalue weighted by molar-refractivity contribution is 7.98. The topological polar surface area (TPSA) is 62.1 Å². The zero-order valence-corrected chi connectivity index (χ0v) is 10.3. The standard InChI is InChI=1S/C10H14N4OS/c1-6(2)5-7(15)12-9-8(11-3)10(16-4)14-13-9/h6H,5H2,1-2,4H3,(H2,12,13,14,15). The lowest BCUT2D eigenvalue weighted by Crippen LogP contribution is -2.14. The summed E-state index contributed by atoms with van der Waals surface area (Å²) in [5.74, 6) is 0.584. The number of nitrogens with zero attached hydrogens (tertiary/aromatic N) is 2. The molecule has 0 unspecified atom stereocenters. The van der Waals surface area contributed by atoms with E-state index in [1.165, 1.54) is 11.8 Å². The second-order valence-corrected chi connectivity index (χ2v) is 4.51. The highest BCUT2D eigenvalue weighted by atomic mass is 32.2. The van der Waals surface area contributed by atoms with Crippen molar-refractivity contribution < 1.29 is 4.79 Å². The van der Waals surface area contributed by atoms with Crippen LogP contribution < -0.4 is 5.32 Å². The van der Waals surface area contributed by atoms with Gasteiger partial charge in [-0.25, -0.2) is 4.85 Å². The van der Waals surface area contributed by atoms with E-state index >= 15 is 0 Å². The van der Waals surface area contributed by atoms with Crippen LogP contribution in [-0.2, 0) is 4.79 Å². The summed E-state index contributed by atoms with van der Waals surface area (Å²) in [6.45, 7) is 11.0. The van der Waals surface area contributed by atoms with Crippen molar-refractivity contribution in [3.8, 4) is 0 Å². The highest BCUT2D eigenvalue weighted by Gasteiger charge is 2.15. The monoisotopic (exact) mass is 238 g/mol. The Balaban J connectivity index is 2.78. The van der Waals surface area contributed by atoms with Gasteiger partial charge in [0.25, 0.3) is 5.69 Å². The fourth-order valence-corrected chi connectivity index (χ4v) is 1.69. The van der Waals surface area contributed by atoms with Gasteiger partial charge in [0.1, 0.15) is 10.8 Å². The van der Waals surface area contributed by atoms with Gasteiger partial charge < -0.3 is 5.32 Å². The number of thioether (sulfide) groups is 1. The van der Waals surface area contributed by atoms with Gasteiger partial charge in [0.2, 0.25) is 5.91 Å². The van der Waals surface area contributed by atoms with Crippen molar-refractivity contribution in [2.75, 3.05) is 11.6 Å². The second kappa shape index (κ2) is 5.56. The minimum absolute atomic E-state index is 0.101. The number of carbonyl (C=O) groups excluding carboxylic acids is 1. The summed E-state index contributed by atoms with van der Waals surface area (Å²) in [5.41, 5.74) is 0.379. The number of rotatable bonds is 4. The van der Waals surface area contributed by atoms with Gasteiger partial charge in [0.15, 0.2) is 0 Å². The molecule has 0 atom stereocenters. The number of hydrogen-bond donors (Lipinski definition) is 2. The minimum atomic E-state index is -0.101. The molecule has 0 aromatic carbocycles. The molecule has 1 aromatic rings. The highest BCUT2D eigenvalue weighted by Crippen LogP contribution is 2.32. The first kappa shape index (κ1) is 12.6. The molecule has 5 nitrogen and oxygen atoms in total. The molecule has 16 heavy (non-hydrogen) atoms. The van der Waals surface area contributed by atoms with E-state index in [0.29, 0.717) is 28.9 Å². The zero-order chi connectivity index (χ0) is 12.1. The lowest BCUT2D eigenvalue weighted by Gasteiger charge is -2.05. The number of carbonyl (C=O) groups is 1. The quantitative estimate of drug-likeness (QED) is 0.626. The molecule has 1 aromatic heterocycles. The molecule has 1 rings (SSSR count). The molecular weight excluding hydrogens is 224 g/mol. The molecular formula is C10H14N4OS. The van der Waals surface area contributed by atoms with E-state index in [0.717, 1.165) is 0 Å². The first-order chi connectivity index (χ1) is 7.58. The van der Waals surface area contributed by atoms with E-state index in [9.17, 15) is 4.79 Å². The summed E-state index contributed by atoms with van der Waals surface area (Å²) in [4.78, 5) is 14.9. The fraction of sp³-hybridized carbons (Fsp3) is 0.500. The molecule has 6 heteroatoms. The van der Waals surface area contributed by atoms with Crippen LogP contribution in [0, 0.1) is 12.5 Å². The van der Waals surface area contributed by atoms with Crippen LogP contribution in [0.25, 0.3) is 4.85 Å². The molecule has 0 spiro atoms. The van der Waals surface area contributed by atoms with Crippen LogP contribution in [0.4, 0.5) is 11.5 Å². The number of H-pyrrole nitrogens is 1. The van der Waals surface area contributed by atoms with Gasteiger partial charge in [-0.15, -0.1) is 11.8 Å². The SMILES string of the molecule is [C-]#[N+]c1c(SC)n[nH]c1NC(=O)CC(C)C. The van der Waals surface area contributed by atoms with E-state index in [1.807, 2.05) is 20.1 Å². The smallest absolute Gasteiger partial charge is 0.260 e. The molecule has 0 bridgehead atoms. The predicted molar refractivity (Wildman–Crippen MR) is 64.7 cm³/mol.